The van der Waals surface area contributed by atoms with Crippen LogP contribution in [0.4, 0.5) is 12.0 Å². The molecule has 2 aliphatic heterocycles. The standard InChI is InChI=1S/C28H17ClN6O6/c29-16-9-5-4-8-13(16)22-31-33-28(41-22)35-25(38)19-14-10-11-15(20(19)26(35)39)18-17(14)23(36)34(24(18)37)27-32-30-21(40-27)12-6-2-1-3-7-12/h1-11,14-15,17-20H. The van der Waals surface area contributed by atoms with E-state index in [0.29, 0.717) is 16.1 Å². The molecule has 41 heavy (non-hydrogen) atoms. The van der Waals surface area contributed by atoms with Gasteiger partial charge >= 0.3 is 12.0 Å². The van der Waals surface area contributed by atoms with Gasteiger partial charge in [0.05, 0.1) is 34.3 Å². The van der Waals surface area contributed by atoms with Crippen LogP contribution in [0, 0.1) is 35.5 Å². The summed E-state index contributed by atoms with van der Waals surface area (Å²) in [5.74, 6) is -6.83. The van der Waals surface area contributed by atoms with Crippen molar-refractivity contribution >= 4 is 47.3 Å². The molecule has 9 rings (SSSR count). The van der Waals surface area contributed by atoms with E-state index in [-0.39, 0.29) is 23.8 Å². The zero-order chi connectivity index (χ0) is 28.0. The van der Waals surface area contributed by atoms with Crippen molar-refractivity contribution in [1.82, 2.24) is 20.4 Å². The van der Waals surface area contributed by atoms with E-state index >= 15 is 0 Å². The SMILES string of the molecule is O=C1C2C3C=CC(C2C(=O)N1c1nnc(-c2ccccc2)o1)C1C(=O)N(c2nnc(-c4ccccc4Cl)o2)C(=O)C31. The summed E-state index contributed by atoms with van der Waals surface area (Å²) in [6.07, 6.45) is 3.51. The third-order valence-electron chi connectivity index (χ3n) is 8.35. The first-order chi connectivity index (χ1) is 19.9. The molecule has 6 unspecified atom stereocenters. The predicted octanol–water partition coefficient (Wildman–Crippen LogP) is 3.17. The number of amides is 4. The summed E-state index contributed by atoms with van der Waals surface area (Å²) < 4.78 is 11.4. The lowest BCUT2D eigenvalue weighted by molar-refractivity contribution is -0.137. The quantitative estimate of drug-likeness (QED) is 0.265. The Bertz CT molecular complexity index is 1770. The van der Waals surface area contributed by atoms with Gasteiger partial charge in [-0.2, -0.15) is 9.80 Å². The van der Waals surface area contributed by atoms with Crippen molar-refractivity contribution in [3.63, 3.8) is 0 Å². The van der Waals surface area contributed by atoms with E-state index in [0.717, 1.165) is 9.80 Å². The Morgan fingerprint density at radius 2 is 1.05 bits per heavy atom. The van der Waals surface area contributed by atoms with Crippen LogP contribution >= 0.6 is 11.6 Å². The molecule has 12 nitrogen and oxygen atoms in total. The molecule has 3 fully saturated rings. The van der Waals surface area contributed by atoms with E-state index in [1.165, 1.54) is 0 Å². The molecule has 4 amide bonds. The molecule has 1 saturated carbocycles. The fourth-order valence-electron chi connectivity index (χ4n) is 6.66. The number of benzene rings is 2. The van der Waals surface area contributed by atoms with Crippen molar-refractivity contribution < 1.29 is 28.0 Å². The number of imide groups is 2. The molecule has 2 bridgehead atoms. The van der Waals surface area contributed by atoms with Crippen molar-refractivity contribution in [2.45, 2.75) is 0 Å². The number of hydrogen-bond acceptors (Lipinski definition) is 10. The van der Waals surface area contributed by atoms with E-state index in [1.54, 1.807) is 60.7 Å². The number of carbonyl (C=O) groups excluding carboxylic acids is 4. The molecule has 2 aromatic heterocycles. The number of rotatable bonds is 4. The first-order valence-electron chi connectivity index (χ1n) is 12.9. The molecular weight excluding hydrogens is 552 g/mol. The van der Waals surface area contributed by atoms with E-state index in [2.05, 4.69) is 20.4 Å². The summed E-state index contributed by atoms with van der Waals surface area (Å²) in [5, 5.41) is 16.2. The molecule has 0 N–H and O–H groups in total. The average molecular weight is 569 g/mol. The molecule has 5 aliphatic rings. The second-order valence-corrected chi connectivity index (χ2v) is 10.7. The van der Waals surface area contributed by atoms with Crippen LogP contribution in [-0.2, 0) is 19.2 Å². The van der Waals surface area contributed by atoms with Crippen LogP contribution in [0.15, 0.2) is 75.6 Å². The summed E-state index contributed by atoms with van der Waals surface area (Å²) in [6, 6.07) is 15.2. The van der Waals surface area contributed by atoms with Crippen LogP contribution in [-0.4, -0.2) is 44.0 Å². The number of nitrogens with zero attached hydrogens (tertiary/aromatic N) is 6. The van der Waals surface area contributed by atoms with Crippen LogP contribution in [0.5, 0.6) is 0 Å². The van der Waals surface area contributed by atoms with E-state index in [4.69, 9.17) is 20.4 Å². The van der Waals surface area contributed by atoms with Crippen molar-refractivity contribution in [2.75, 3.05) is 9.80 Å². The monoisotopic (exact) mass is 568 g/mol. The highest BCUT2D eigenvalue weighted by Crippen LogP contribution is 2.58. The zero-order valence-electron chi connectivity index (χ0n) is 20.8. The Morgan fingerprint density at radius 1 is 0.585 bits per heavy atom. The molecule has 13 heteroatoms. The van der Waals surface area contributed by atoms with Gasteiger partial charge < -0.3 is 8.83 Å². The van der Waals surface area contributed by atoms with Crippen LogP contribution in [0.3, 0.4) is 0 Å². The third kappa shape index (κ3) is 3.21. The molecule has 3 aliphatic carbocycles. The van der Waals surface area contributed by atoms with E-state index in [9.17, 15) is 19.2 Å². The highest BCUT2D eigenvalue weighted by molar-refractivity contribution is 6.33. The van der Waals surface area contributed by atoms with Gasteiger partial charge in [0.15, 0.2) is 0 Å². The molecule has 4 aromatic rings. The molecule has 2 saturated heterocycles. The highest BCUT2D eigenvalue weighted by Gasteiger charge is 2.70. The maximum Gasteiger partial charge on any atom is 0.332 e. The minimum atomic E-state index is -0.867. The number of aromatic nitrogens is 4. The van der Waals surface area contributed by atoms with Crippen molar-refractivity contribution in [2.24, 2.45) is 35.5 Å². The summed E-state index contributed by atoms with van der Waals surface area (Å²) in [5.41, 5.74) is 1.09. The van der Waals surface area contributed by atoms with Crippen LogP contribution in [0.25, 0.3) is 22.9 Å². The Kier molecular flexibility index (Phi) is 4.96. The first kappa shape index (κ1) is 23.9. The van der Waals surface area contributed by atoms with E-state index in [1.807, 2.05) is 6.07 Å². The minimum Gasteiger partial charge on any atom is -0.403 e. The highest BCUT2D eigenvalue weighted by atomic mass is 35.5. The Hall–Kier alpha value is -4.97. The maximum atomic E-state index is 13.7. The lowest BCUT2D eigenvalue weighted by atomic mass is 9.54. The molecule has 4 heterocycles. The average Bonchev–Trinajstić information content (AvgIpc) is 3.77. The second kappa shape index (κ2) is 8.51. The van der Waals surface area contributed by atoms with Gasteiger partial charge in [0.25, 0.3) is 5.89 Å². The van der Waals surface area contributed by atoms with Crippen LogP contribution in [0.2, 0.25) is 5.02 Å². The molecular formula is C28H17ClN6O6. The van der Waals surface area contributed by atoms with Gasteiger partial charge in [0.2, 0.25) is 29.5 Å². The van der Waals surface area contributed by atoms with Gasteiger partial charge in [-0.15, -0.1) is 10.2 Å². The summed E-state index contributed by atoms with van der Waals surface area (Å²) in [6.45, 7) is 0. The van der Waals surface area contributed by atoms with Crippen molar-refractivity contribution in [3.05, 3.63) is 71.8 Å². The number of carbonyl (C=O) groups is 4. The summed E-state index contributed by atoms with van der Waals surface area (Å²) in [7, 11) is 0. The number of anilines is 2. The minimum absolute atomic E-state index is 0.0504. The van der Waals surface area contributed by atoms with Gasteiger partial charge in [0, 0.05) is 17.4 Å². The van der Waals surface area contributed by atoms with Gasteiger partial charge in [-0.25, -0.2) is 0 Å². The van der Waals surface area contributed by atoms with Gasteiger partial charge in [0.1, 0.15) is 0 Å². The normalized spacial score (nSPS) is 28.1. The lowest BCUT2D eigenvalue weighted by Gasteiger charge is -2.44. The van der Waals surface area contributed by atoms with Crippen LogP contribution in [0.1, 0.15) is 0 Å². The predicted molar refractivity (Wildman–Crippen MR) is 140 cm³/mol. The third-order valence-corrected chi connectivity index (χ3v) is 8.68. The lowest BCUT2D eigenvalue weighted by Crippen LogP contribution is -2.50. The fraction of sp³-hybridized carbons (Fsp3) is 0.214. The smallest absolute Gasteiger partial charge is 0.332 e. The Labute approximate surface area is 235 Å². The molecule has 0 radical (unpaired) electrons. The topological polar surface area (TPSA) is 153 Å². The summed E-state index contributed by atoms with van der Waals surface area (Å²) >= 11 is 6.23. The van der Waals surface area contributed by atoms with Crippen molar-refractivity contribution in [1.29, 1.82) is 0 Å². The van der Waals surface area contributed by atoms with Crippen LogP contribution < -0.4 is 9.80 Å². The Morgan fingerprint density at radius 3 is 1.59 bits per heavy atom. The second-order valence-electron chi connectivity index (χ2n) is 10.3. The largest absolute Gasteiger partial charge is 0.403 e. The molecule has 202 valence electrons. The Balaban J connectivity index is 1.11. The molecule has 6 atom stereocenters. The molecule has 2 aromatic carbocycles. The number of hydrogen-bond donors (Lipinski definition) is 0. The number of halogens is 1. The summed E-state index contributed by atoms with van der Waals surface area (Å²) in [4.78, 5) is 56.6. The zero-order valence-corrected chi connectivity index (χ0v) is 21.6. The first-order valence-corrected chi connectivity index (χ1v) is 13.2. The fourth-order valence-corrected chi connectivity index (χ4v) is 6.87. The number of allylic oxidation sites excluding steroid dienone is 2. The maximum absolute atomic E-state index is 13.7. The van der Waals surface area contributed by atoms with Crippen molar-refractivity contribution in [3.8, 4) is 22.9 Å². The molecule has 0 spiro atoms. The van der Waals surface area contributed by atoms with E-state index < -0.39 is 59.1 Å². The van der Waals surface area contributed by atoms with Gasteiger partial charge in [-0.1, -0.05) is 64.3 Å². The van der Waals surface area contributed by atoms with Gasteiger partial charge in [-0.05, 0) is 24.3 Å². The van der Waals surface area contributed by atoms with Gasteiger partial charge in [-0.3, -0.25) is 19.2 Å².